The molecule has 8 heteroatoms. The molecule has 6 nitrogen and oxygen atoms in total. The number of thiophene rings is 1. The van der Waals surface area contributed by atoms with E-state index in [9.17, 15) is 13.2 Å². The number of rotatable bonds is 7. The van der Waals surface area contributed by atoms with E-state index in [0.717, 1.165) is 14.7 Å². The smallest absolute Gasteiger partial charge is 0.264 e. The molecule has 0 aliphatic carbocycles. The minimum Gasteiger partial charge on any atom is -0.271 e. The number of nitrogens with one attached hydrogen (secondary N) is 1. The molecule has 1 heterocycles. The summed E-state index contributed by atoms with van der Waals surface area (Å²) in [5, 5.41) is 5.80. The lowest BCUT2D eigenvalue weighted by atomic mass is 10.2. The predicted molar refractivity (Wildman–Crippen MR) is 112 cm³/mol. The highest BCUT2D eigenvalue weighted by Crippen LogP contribution is 2.24. The average molecular weight is 414 g/mol. The van der Waals surface area contributed by atoms with Gasteiger partial charge in [0.1, 0.15) is 6.54 Å². The van der Waals surface area contributed by atoms with Crippen LogP contribution in [0.25, 0.3) is 0 Å². The van der Waals surface area contributed by atoms with Crippen molar-refractivity contribution in [1.82, 2.24) is 5.43 Å². The summed E-state index contributed by atoms with van der Waals surface area (Å²) < 4.78 is 27.4. The number of carbonyl (C=O) groups excluding carboxylic acids is 1. The molecule has 0 bridgehead atoms. The van der Waals surface area contributed by atoms with Gasteiger partial charge in [0.05, 0.1) is 16.8 Å². The van der Waals surface area contributed by atoms with Crippen LogP contribution in [0.3, 0.4) is 0 Å². The first-order valence-electron chi connectivity index (χ1n) is 8.47. The minimum absolute atomic E-state index is 0.117. The maximum absolute atomic E-state index is 13.1. The Morgan fingerprint density at radius 2 is 1.89 bits per heavy atom. The molecule has 0 saturated carbocycles. The molecule has 144 valence electrons. The van der Waals surface area contributed by atoms with E-state index in [1.807, 2.05) is 30.5 Å². The van der Waals surface area contributed by atoms with Crippen molar-refractivity contribution >= 4 is 39.2 Å². The number of carbonyl (C=O) groups is 1. The Kier molecular flexibility index (Phi) is 6.23. The molecule has 1 aromatic heterocycles. The summed E-state index contributed by atoms with van der Waals surface area (Å²) >= 11 is 1.48. The van der Waals surface area contributed by atoms with Crippen LogP contribution >= 0.6 is 11.3 Å². The number of hydrazone groups is 1. The normalized spacial score (nSPS) is 11.5. The van der Waals surface area contributed by atoms with Gasteiger partial charge < -0.3 is 0 Å². The molecule has 0 spiro atoms. The number of aryl methyl sites for hydroxylation is 1. The van der Waals surface area contributed by atoms with Crippen molar-refractivity contribution in [2.45, 2.75) is 11.8 Å². The van der Waals surface area contributed by atoms with E-state index >= 15 is 0 Å². The van der Waals surface area contributed by atoms with Crippen molar-refractivity contribution in [2.75, 3.05) is 10.8 Å². The lowest BCUT2D eigenvalue weighted by Gasteiger charge is -2.24. The number of sulfonamides is 1. The summed E-state index contributed by atoms with van der Waals surface area (Å²) in [7, 11) is -3.91. The van der Waals surface area contributed by atoms with Crippen LogP contribution in [0, 0.1) is 6.92 Å². The molecule has 0 fully saturated rings. The van der Waals surface area contributed by atoms with Gasteiger partial charge in [-0.1, -0.05) is 36.4 Å². The number of hydrogen-bond donors (Lipinski definition) is 1. The van der Waals surface area contributed by atoms with Gasteiger partial charge in [0, 0.05) is 4.88 Å². The van der Waals surface area contributed by atoms with Crippen molar-refractivity contribution in [1.29, 1.82) is 0 Å². The van der Waals surface area contributed by atoms with Crippen LogP contribution in [0.15, 0.2) is 82.1 Å². The Hall–Kier alpha value is -2.97. The Balaban J connectivity index is 1.85. The van der Waals surface area contributed by atoms with Gasteiger partial charge in [0.2, 0.25) is 0 Å². The SMILES string of the molecule is Cc1cccc(N(CC(=O)NN=Cc2cccs2)S(=O)(=O)c2ccccc2)c1. The fourth-order valence-electron chi connectivity index (χ4n) is 2.52. The van der Waals surface area contributed by atoms with Crippen molar-refractivity contribution in [3.63, 3.8) is 0 Å². The van der Waals surface area contributed by atoms with Crippen LogP contribution < -0.4 is 9.73 Å². The van der Waals surface area contributed by atoms with E-state index in [0.29, 0.717) is 5.69 Å². The Bertz CT molecular complexity index is 1060. The van der Waals surface area contributed by atoms with E-state index in [1.165, 1.54) is 29.7 Å². The predicted octanol–water partition coefficient (Wildman–Crippen LogP) is 3.40. The highest BCUT2D eigenvalue weighted by molar-refractivity contribution is 7.92. The second-order valence-corrected chi connectivity index (χ2v) is 8.81. The van der Waals surface area contributed by atoms with E-state index in [2.05, 4.69) is 10.5 Å². The first kappa shape index (κ1) is 19.8. The van der Waals surface area contributed by atoms with E-state index in [4.69, 9.17) is 0 Å². The third-order valence-electron chi connectivity index (χ3n) is 3.83. The van der Waals surface area contributed by atoms with Crippen molar-refractivity contribution < 1.29 is 13.2 Å². The van der Waals surface area contributed by atoms with Gasteiger partial charge in [-0.05, 0) is 48.2 Å². The second-order valence-electron chi connectivity index (χ2n) is 5.97. The van der Waals surface area contributed by atoms with E-state index in [-0.39, 0.29) is 11.4 Å². The van der Waals surface area contributed by atoms with Gasteiger partial charge in [-0.3, -0.25) is 9.10 Å². The van der Waals surface area contributed by atoms with Crippen molar-refractivity contribution in [2.24, 2.45) is 5.10 Å². The average Bonchev–Trinajstić information content (AvgIpc) is 3.20. The molecule has 3 rings (SSSR count). The zero-order valence-electron chi connectivity index (χ0n) is 15.1. The van der Waals surface area contributed by atoms with Gasteiger partial charge in [0.25, 0.3) is 15.9 Å². The number of amides is 1. The molecule has 0 atom stereocenters. The summed E-state index contributed by atoms with van der Waals surface area (Å²) in [6, 6.07) is 18.8. The third kappa shape index (κ3) is 4.85. The monoisotopic (exact) mass is 413 g/mol. The van der Waals surface area contributed by atoms with Gasteiger partial charge in [-0.15, -0.1) is 11.3 Å². The first-order valence-corrected chi connectivity index (χ1v) is 10.8. The third-order valence-corrected chi connectivity index (χ3v) is 6.43. The number of hydrogen-bond acceptors (Lipinski definition) is 5. The number of anilines is 1. The first-order chi connectivity index (χ1) is 13.5. The molecule has 0 aliphatic rings. The Morgan fingerprint density at radius 1 is 1.11 bits per heavy atom. The highest BCUT2D eigenvalue weighted by Gasteiger charge is 2.27. The zero-order chi connectivity index (χ0) is 20.0. The largest absolute Gasteiger partial charge is 0.271 e. The maximum Gasteiger partial charge on any atom is 0.264 e. The second kappa shape index (κ2) is 8.81. The quantitative estimate of drug-likeness (QED) is 0.476. The summed E-state index contributed by atoms with van der Waals surface area (Å²) in [5.41, 5.74) is 3.70. The summed E-state index contributed by atoms with van der Waals surface area (Å²) in [6.45, 7) is 1.48. The van der Waals surface area contributed by atoms with Crippen LogP contribution in [0.5, 0.6) is 0 Å². The molecule has 2 aromatic carbocycles. The Morgan fingerprint density at radius 3 is 2.57 bits per heavy atom. The fraction of sp³-hybridized carbons (Fsp3) is 0.100. The Labute approximate surface area is 168 Å². The lowest BCUT2D eigenvalue weighted by Crippen LogP contribution is -2.39. The molecule has 1 N–H and O–H groups in total. The lowest BCUT2D eigenvalue weighted by molar-refractivity contribution is -0.119. The van der Waals surface area contributed by atoms with E-state index in [1.54, 1.807) is 36.4 Å². The molecule has 0 radical (unpaired) electrons. The number of benzene rings is 2. The summed E-state index contributed by atoms with van der Waals surface area (Å²) in [4.78, 5) is 13.4. The summed E-state index contributed by atoms with van der Waals surface area (Å²) in [6.07, 6.45) is 1.52. The standard InChI is InChI=1S/C20H19N3O3S2/c1-16-7-5-8-17(13-16)23(28(25,26)19-10-3-2-4-11-19)15-20(24)22-21-14-18-9-6-12-27-18/h2-14H,15H2,1H3,(H,22,24). The molecule has 3 aromatic rings. The van der Waals surface area contributed by atoms with Crippen LogP contribution in [0.1, 0.15) is 10.4 Å². The van der Waals surface area contributed by atoms with Crippen LogP contribution in [-0.2, 0) is 14.8 Å². The molecular formula is C20H19N3O3S2. The summed E-state index contributed by atoms with van der Waals surface area (Å²) in [5.74, 6) is -0.534. The fourth-order valence-corrected chi connectivity index (χ4v) is 4.54. The van der Waals surface area contributed by atoms with Crippen LogP contribution in [0.2, 0.25) is 0 Å². The van der Waals surface area contributed by atoms with Gasteiger partial charge in [-0.25, -0.2) is 13.8 Å². The minimum atomic E-state index is -3.91. The van der Waals surface area contributed by atoms with Crippen molar-refractivity contribution in [3.05, 3.63) is 82.6 Å². The maximum atomic E-state index is 13.1. The molecule has 1 amide bonds. The molecule has 28 heavy (non-hydrogen) atoms. The zero-order valence-corrected chi connectivity index (χ0v) is 16.8. The van der Waals surface area contributed by atoms with Gasteiger partial charge in [-0.2, -0.15) is 5.10 Å². The molecule has 0 aliphatic heterocycles. The highest BCUT2D eigenvalue weighted by atomic mass is 32.2. The van der Waals surface area contributed by atoms with Gasteiger partial charge >= 0.3 is 0 Å². The van der Waals surface area contributed by atoms with Crippen LogP contribution in [-0.4, -0.2) is 27.1 Å². The molecular weight excluding hydrogens is 394 g/mol. The number of nitrogens with zero attached hydrogens (tertiary/aromatic N) is 2. The molecule has 0 unspecified atom stereocenters. The topological polar surface area (TPSA) is 78.8 Å². The van der Waals surface area contributed by atoms with Crippen LogP contribution in [0.4, 0.5) is 5.69 Å². The van der Waals surface area contributed by atoms with E-state index < -0.39 is 15.9 Å². The van der Waals surface area contributed by atoms with Crippen molar-refractivity contribution in [3.8, 4) is 0 Å². The van der Waals surface area contributed by atoms with Gasteiger partial charge in [0.15, 0.2) is 0 Å². The molecule has 0 saturated heterocycles.